The Balaban J connectivity index is 1.16. The van der Waals surface area contributed by atoms with E-state index in [-0.39, 0.29) is 36.0 Å². The van der Waals surface area contributed by atoms with Crippen molar-refractivity contribution in [1.29, 1.82) is 0 Å². The van der Waals surface area contributed by atoms with Crippen LogP contribution < -0.4 is 14.4 Å². The number of rotatable bonds is 7. The predicted octanol–water partition coefficient (Wildman–Crippen LogP) is 5.09. The summed E-state index contributed by atoms with van der Waals surface area (Å²) < 4.78 is 11.0. The van der Waals surface area contributed by atoms with E-state index in [0.717, 1.165) is 19.3 Å². The van der Waals surface area contributed by atoms with Gasteiger partial charge in [0.15, 0.2) is 12.4 Å². The highest BCUT2D eigenvalue weighted by Crippen LogP contribution is 2.42. The first-order valence-corrected chi connectivity index (χ1v) is 12.4. The number of fused-ring (bicyclic) bond motifs is 1. The molecule has 1 aliphatic carbocycles. The number of benzene rings is 3. The molecule has 0 spiro atoms. The highest BCUT2D eigenvalue weighted by molar-refractivity contribution is 6.22. The largest absolute Gasteiger partial charge is 0.485 e. The number of ether oxygens (including phenoxy) is 2. The van der Waals surface area contributed by atoms with E-state index in [0.29, 0.717) is 34.2 Å². The Hall–Kier alpha value is -4.26. The average Bonchev–Trinajstić information content (AvgIpc) is 3.17. The number of esters is 1. The highest BCUT2D eigenvalue weighted by Gasteiger charge is 2.49. The monoisotopic (exact) mass is 497 g/mol. The molecule has 1 heterocycles. The molecule has 3 unspecified atom stereocenters. The van der Waals surface area contributed by atoms with Crippen LogP contribution in [0.4, 0.5) is 5.69 Å². The molecule has 3 aromatic rings. The van der Waals surface area contributed by atoms with Gasteiger partial charge < -0.3 is 9.47 Å². The van der Waals surface area contributed by atoms with Gasteiger partial charge in [-0.1, -0.05) is 25.1 Å². The second kappa shape index (κ2) is 10.4. The minimum Gasteiger partial charge on any atom is -0.485 e. The summed E-state index contributed by atoms with van der Waals surface area (Å²) in [4.78, 5) is 51.8. The SMILES string of the molecule is CC1CCC2C(=O)N(c3ccc(OCC(=O)c4ccc(OC(=O)c5ccccc5)cc4)cc3)C(=O)C2C1. The number of imide groups is 1. The van der Waals surface area contributed by atoms with Crippen molar-refractivity contribution >= 4 is 29.3 Å². The zero-order chi connectivity index (χ0) is 25.9. The van der Waals surface area contributed by atoms with Gasteiger partial charge in [0.2, 0.25) is 11.8 Å². The third kappa shape index (κ3) is 5.16. The number of carbonyl (C=O) groups excluding carboxylic acids is 4. The van der Waals surface area contributed by atoms with Crippen molar-refractivity contribution in [3.8, 4) is 11.5 Å². The molecule has 2 aliphatic rings. The molecule has 0 bridgehead atoms. The third-order valence-corrected chi connectivity index (χ3v) is 7.05. The van der Waals surface area contributed by atoms with E-state index in [9.17, 15) is 19.2 Å². The van der Waals surface area contributed by atoms with E-state index in [4.69, 9.17) is 9.47 Å². The Morgan fingerprint density at radius 1 is 0.784 bits per heavy atom. The normalized spacial score (nSPS) is 20.9. The molecule has 2 amide bonds. The van der Waals surface area contributed by atoms with Crippen LogP contribution in [0.25, 0.3) is 0 Å². The van der Waals surface area contributed by atoms with Crippen molar-refractivity contribution in [1.82, 2.24) is 0 Å². The molecular weight excluding hydrogens is 470 g/mol. The van der Waals surface area contributed by atoms with Crippen molar-refractivity contribution in [2.75, 3.05) is 11.5 Å². The Labute approximate surface area is 215 Å². The van der Waals surface area contributed by atoms with Crippen LogP contribution in [-0.4, -0.2) is 30.2 Å². The Morgan fingerprint density at radius 2 is 1.43 bits per heavy atom. The fraction of sp³-hybridized carbons (Fsp3) is 0.267. The number of carbonyl (C=O) groups is 4. The van der Waals surface area contributed by atoms with Crippen molar-refractivity contribution in [2.24, 2.45) is 17.8 Å². The van der Waals surface area contributed by atoms with Crippen LogP contribution in [0, 0.1) is 17.8 Å². The number of nitrogens with zero attached hydrogens (tertiary/aromatic N) is 1. The first-order valence-electron chi connectivity index (χ1n) is 12.4. The predicted molar refractivity (Wildman–Crippen MR) is 137 cm³/mol. The molecule has 2 fully saturated rings. The van der Waals surface area contributed by atoms with Gasteiger partial charge in [0.1, 0.15) is 11.5 Å². The quantitative estimate of drug-likeness (QED) is 0.195. The second-order valence-corrected chi connectivity index (χ2v) is 9.63. The van der Waals surface area contributed by atoms with Crippen LogP contribution in [0.1, 0.15) is 46.9 Å². The summed E-state index contributed by atoms with van der Waals surface area (Å²) >= 11 is 0. The zero-order valence-electron chi connectivity index (χ0n) is 20.5. The summed E-state index contributed by atoms with van der Waals surface area (Å²) in [5.74, 6) is -0.162. The molecule has 0 radical (unpaired) electrons. The van der Waals surface area contributed by atoms with Gasteiger partial charge in [-0.05, 0) is 85.8 Å². The lowest BCUT2D eigenvalue weighted by molar-refractivity contribution is -0.122. The summed E-state index contributed by atoms with van der Waals surface area (Å²) in [5, 5.41) is 0. The molecule has 0 aromatic heterocycles. The highest BCUT2D eigenvalue weighted by atomic mass is 16.5. The number of anilines is 1. The van der Waals surface area contributed by atoms with Crippen molar-refractivity contribution in [3.05, 3.63) is 90.0 Å². The van der Waals surface area contributed by atoms with Gasteiger partial charge in [-0.3, -0.25) is 19.3 Å². The minimum atomic E-state index is -0.475. The number of ketones is 1. The molecule has 37 heavy (non-hydrogen) atoms. The number of amides is 2. The van der Waals surface area contributed by atoms with E-state index in [2.05, 4.69) is 6.92 Å². The molecule has 1 aliphatic heterocycles. The smallest absolute Gasteiger partial charge is 0.343 e. The Bertz CT molecular complexity index is 1320. The van der Waals surface area contributed by atoms with Gasteiger partial charge in [0, 0.05) is 5.56 Å². The lowest BCUT2D eigenvalue weighted by Crippen LogP contribution is -2.30. The van der Waals surface area contributed by atoms with E-state index in [1.165, 1.54) is 4.90 Å². The van der Waals surface area contributed by atoms with Crippen LogP contribution in [0.5, 0.6) is 11.5 Å². The molecule has 7 nitrogen and oxygen atoms in total. The summed E-state index contributed by atoms with van der Waals surface area (Å²) in [6.07, 6.45) is 2.48. The van der Waals surface area contributed by atoms with Crippen molar-refractivity contribution < 1.29 is 28.7 Å². The van der Waals surface area contributed by atoms with Gasteiger partial charge in [-0.2, -0.15) is 0 Å². The van der Waals surface area contributed by atoms with Gasteiger partial charge in [0.25, 0.3) is 0 Å². The molecule has 5 rings (SSSR count). The van der Waals surface area contributed by atoms with Crippen molar-refractivity contribution in [2.45, 2.75) is 26.2 Å². The molecular formula is C30H27NO6. The van der Waals surface area contributed by atoms with Gasteiger partial charge in [-0.15, -0.1) is 0 Å². The average molecular weight is 498 g/mol. The maximum Gasteiger partial charge on any atom is 0.343 e. The van der Waals surface area contributed by atoms with Crippen LogP contribution >= 0.6 is 0 Å². The maximum absolute atomic E-state index is 12.9. The lowest BCUT2D eigenvalue weighted by Gasteiger charge is -2.25. The Kier molecular flexibility index (Phi) is 6.86. The van der Waals surface area contributed by atoms with Crippen LogP contribution in [0.15, 0.2) is 78.9 Å². The summed E-state index contributed by atoms with van der Waals surface area (Å²) in [6, 6.07) is 21.6. The fourth-order valence-electron chi connectivity index (χ4n) is 5.02. The lowest BCUT2D eigenvalue weighted by atomic mass is 9.76. The minimum absolute atomic E-state index is 0.122. The van der Waals surface area contributed by atoms with Crippen LogP contribution in [0.3, 0.4) is 0 Å². The van der Waals surface area contributed by atoms with Gasteiger partial charge >= 0.3 is 5.97 Å². The molecule has 1 saturated heterocycles. The number of Topliss-reactive ketones (excluding diaryl/α,β-unsaturated/α-hetero) is 1. The van der Waals surface area contributed by atoms with Crippen molar-refractivity contribution in [3.63, 3.8) is 0 Å². The van der Waals surface area contributed by atoms with E-state index < -0.39 is 5.97 Å². The molecule has 3 aromatic carbocycles. The van der Waals surface area contributed by atoms with Crippen LogP contribution in [-0.2, 0) is 9.59 Å². The van der Waals surface area contributed by atoms with Crippen LogP contribution in [0.2, 0.25) is 0 Å². The van der Waals surface area contributed by atoms with E-state index in [1.807, 2.05) is 6.07 Å². The summed E-state index contributed by atoms with van der Waals surface area (Å²) in [5.41, 5.74) is 1.38. The molecule has 188 valence electrons. The fourth-order valence-corrected chi connectivity index (χ4v) is 5.02. The third-order valence-electron chi connectivity index (χ3n) is 7.05. The summed E-state index contributed by atoms with van der Waals surface area (Å²) in [7, 11) is 0. The van der Waals surface area contributed by atoms with E-state index in [1.54, 1.807) is 72.8 Å². The first kappa shape index (κ1) is 24.4. The molecule has 0 N–H and O–H groups in total. The molecule has 3 atom stereocenters. The maximum atomic E-state index is 12.9. The second-order valence-electron chi connectivity index (χ2n) is 9.63. The molecule has 7 heteroatoms. The topological polar surface area (TPSA) is 90.0 Å². The van der Waals surface area contributed by atoms with Gasteiger partial charge in [-0.25, -0.2) is 4.79 Å². The number of hydrogen-bond acceptors (Lipinski definition) is 6. The molecule has 1 saturated carbocycles. The standard InChI is InChI=1S/C30H27NO6/c1-19-7-16-25-26(17-19)29(34)31(28(25)33)22-10-14-23(15-11-22)36-18-27(32)20-8-12-24(13-9-20)37-30(35)21-5-3-2-4-6-21/h2-6,8-15,19,25-26H,7,16-18H2,1H3. The Morgan fingerprint density at radius 3 is 2.14 bits per heavy atom. The van der Waals surface area contributed by atoms with Gasteiger partial charge in [0.05, 0.1) is 23.1 Å². The summed E-state index contributed by atoms with van der Waals surface area (Å²) in [6.45, 7) is 1.94. The first-order chi connectivity index (χ1) is 17.9. The van der Waals surface area contributed by atoms with E-state index >= 15 is 0 Å². The zero-order valence-corrected chi connectivity index (χ0v) is 20.5. The number of hydrogen-bond donors (Lipinski definition) is 0.